The Morgan fingerprint density at radius 2 is 2.17 bits per heavy atom. The van der Waals surface area contributed by atoms with Gasteiger partial charge in [-0.05, 0) is 13.3 Å². The first-order valence-corrected chi connectivity index (χ1v) is 6.70. The maximum Gasteiger partial charge on any atom is 0.229 e. The SMILES string of the molecule is CCCc1nn(C)c2c1NC(=O)C(C)CN2CC. The van der Waals surface area contributed by atoms with Gasteiger partial charge in [-0.25, -0.2) is 0 Å². The van der Waals surface area contributed by atoms with Gasteiger partial charge in [0.05, 0.1) is 11.6 Å². The van der Waals surface area contributed by atoms with E-state index in [2.05, 4.69) is 29.2 Å². The number of nitrogens with one attached hydrogen (secondary N) is 1. The summed E-state index contributed by atoms with van der Waals surface area (Å²) >= 11 is 0. The van der Waals surface area contributed by atoms with Gasteiger partial charge in [0.25, 0.3) is 0 Å². The van der Waals surface area contributed by atoms with E-state index in [1.54, 1.807) is 0 Å². The molecule has 18 heavy (non-hydrogen) atoms. The molecular formula is C13H22N4O. The number of fused-ring (bicyclic) bond motifs is 1. The molecule has 0 aromatic carbocycles. The van der Waals surface area contributed by atoms with E-state index in [-0.39, 0.29) is 11.8 Å². The fourth-order valence-corrected chi connectivity index (χ4v) is 2.50. The Morgan fingerprint density at radius 3 is 2.78 bits per heavy atom. The van der Waals surface area contributed by atoms with Gasteiger partial charge in [-0.3, -0.25) is 9.48 Å². The lowest BCUT2D eigenvalue weighted by atomic mass is 10.1. The number of hydrogen-bond donors (Lipinski definition) is 1. The average molecular weight is 250 g/mol. The second-order valence-electron chi connectivity index (χ2n) is 4.95. The highest BCUT2D eigenvalue weighted by atomic mass is 16.2. The van der Waals surface area contributed by atoms with E-state index in [0.29, 0.717) is 0 Å². The molecule has 0 bridgehead atoms. The van der Waals surface area contributed by atoms with Crippen molar-refractivity contribution in [3.8, 4) is 0 Å². The van der Waals surface area contributed by atoms with Crippen LogP contribution < -0.4 is 10.2 Å². The highest BCUT2D eigenvalue weighted by Gasteiger charge is 2.29. The molecule has 2 heterocycles. The molecule has 1 unspecified atom stereocenters. The van der Waals surface area contributed by atoms with Crippen molar-refractivity contribution in [2.24, 2.45) is 13.0 Å². The predicted molar refractivity (Wildman–Crippen MR) is 72.9 cm³/mol. The molecule has 5 nitrogen and oxygen atoms in total. The number of aryl methyl sites for hydroxylation is 2. The number of carbonyl (C=O) groups excluding carboxylic acids is 1. The van der Waals surface area contributed by atoms with Crippen LogP contribution in [0, 0.1) is 5.92 Å². The quantitative estimate of drug-likeness (QED) is 0.889. The molecule has 0 spiro atoms. The molecule has 1 atom stereocenters. The van der Waals surface area contributed by atoms with Crippen LogP contribution in [0.15, 0.2) is 0 Å². The second-order valence-corrected chi connectivity index (χ2v) is 4.95. The van der Waals surface area contributed by atoms with Crippen LogP contribution in [0.5, 0.6) is 0 Å². The molecule has 0 fully saturated rings. The first-order chi connectivity index (χ1) is 8.58. The molecule has 1 aliphatic rings. The average Bonchev–Trinajstić information content (AvgIpc) is 2.55. The van der Waals surface area contributed by atoms with Crippen LogP contribution in [0.25, 0.3) is 0 Å². The third-order valence-corrected chi connectivity index (χ3v) is 3.45. The lowest BCUT2D eigenvalue weighted by molar-refractivity contribution is -0.119. The fourth-order valence-electron chi connectivity index (χ4n) is 2.50. The minimum Gasteiger partial charge on any atom is -0.355 e. The van der Waals surface area contributed by atoms with Crippen LogP contribution in [0.1, 0.15) is 32.9 Å². The van der Waals surface area contributed by atoms with E-state index in [0.717, 1.165) is 43.1 Å². The van der Waals surface area contributed by atoms with Gasteiger partial charge < -0.3 is 10.2 Å². The van der Waals surface area contributed by atoms with Crippen LogP contribution in [0.2, 0.25) is 0 Å². The monoisotopic (exact) mass is 250 g/mol. The van der Waals surface area contributed by atoms with E-state index >= 15 is 0 Å². The number of anilines is 2. The van der Waals surface area contributed by atoms with Crippen LogP contribution >= 0.6 is 0 Å². The molecule has 1 N–H and O–H groups in total. The van der Waals surface area contributed by atoms with Crippen molar-refractivity contribution >= 4 is 17.4 Å². The lowest BCUT2D eigenvalue weighted by Gasteiger charge is -2.22. The summed E-state index contributed by atoms with van der Waals surface area (Å²) in [4.78, 5) is 14.3. The molecular weight excluding hydrogens is 228 g/mol. The summed E-state index contributed by atoms with van der Waals surface area (Å²) in [6, 6.07) is 0. The first kappa shape index (κ1) is 12.9. The minimum absolute atomic E-state index is 0.00632. The van der Waals surface area contributed by atoms with Gasteiger partial charge >= 0.3 is 0 Å². The molecule has 1 aromatic heterocycles. The lowest BCUT2D eigenvalue weighted by Crippen LogP contribution is -2.31. The van der Waals surface area contributed by atoms with Crippen LogP contribution in [0.4, 0.5) is 11.5 Å². The summed E-state index contributed by atoms with van der Waals surface area (Å²) in [5.74, 6) is 1.14. The summed E-state index contributed by atoms with van der Waals surface area (Å²) in [7, 11) is 1.95. The van der Waals surface area contributed by atoms with Gasteiger partial charge in [0.2, 0.25) is 5.91 Å². The van der Waals surface area contributed by atoms with Crippen molar-refractivity contribution in [3.63, 3.8) is 0 Å². The number of amides is 1. The topological polar surface area (TPSA) is 50.2 Å². The Bertz CT molecular complexity index is 452. The van der Waals surface area contributed by atoms with E-state index < -0.39 is 0 Å². The van der Waals surface area contributed by atoms with E-state index in [9.17, 15) is 4.79 Å². The zero-order chi connectivity index (χ0) is 13.3. The van der Waals surface area contributed by atoms with Gasteiger partial charge in [0.1, 0.15) is 5.69 Å². The molecule has 1 amide bonds. The summed E-state index contributed by atoms with van der Waals surface area (Å²) in [6.45, 7) is 7.84. The highest BCUT2D eigenvalue weighted by molar-refractivity contribution is 5.97. The largest absolute Gasteiger partial charge is 0.355 e. The van der Waals surface area contributed by atoms with Crippen LogP contribution in [-0.4, -0.2) is 28.8 Å². The van der Waals surface area contributed by atoms with Crippen molar-refractivity contribution < 1.29 is 4.79 Å². The number of nitrogens with zero attached hydrogens (tertiary/aromatic N) is 3. The van der Waals surface area contributed by atoms with Crippen molar-refractivity contribution in [1.29, 1.82) is 0 Å². The van der Waals surface area contributed by atoms with E-state index in [4.69, 9.17) is 0 Å². The normalized spacial score (nSPS) is 19.4. The molecule has 5 heteroatoms. The summed E-state index contributed by atoms with van der Waals surface area (Å²) in [5, 5.41) is 7.59. The predicted octanol–water partition coefficient (Wildman–Crippen LogP) is 1.79. The third kappa shape index (κ3) is 2.09. The molecule has 100 valence electrons. The Kier molecular flexibility index (Phi) is 3.59. The van der Waals surface area contributed by atoms with Crippen molar-refractivity contribution in [2.45, 2.75) is 33.6 Å². The van der Waals surface area contributed by atoms with Gasteiger partial charge in [-0.2, -0.15) is 5.10 Å². The molecule has 1 aromatic rings. The van der Waals surface area contributed by atoms with Crippen LogP contribution in [0.3, 0.4) is 0 Å². The van der Waals surface area contributed by atoms with Crippen molar-refractivity contribution in [2.75, 3.05) is 23.3 Å². The Morgan fingerprint density at radius 1 is 1.44 bits per heavy atom. The molecule has 0 saturated carbocycles. The second kappa shape index (κ2) is 5.00. The van der Waals surface area contributed by atoms with Crippen molar-refractivity contribution in [3.05, 3.63) is 5.69 Å². The maximum absolute atomic E-state index is 12.0. The number of aromatic nitrogens is 2. The zero-order valence-electron chi connectivity index (χ0n) is 11.7. The number of rotatable bonds is 3. The molecule has 0 saturated heterocycles. The number of carbonyl (C=O) groups is 1. The zero-order valence-corrected chi connectivity index (χ0v) is 11.7. The minimum atomic E-state index is 0.00632. The smallest absolute Gasteiger partial charge is 0.229 e. The summed E-state index contributed by atoms with van der Waals surface area (Å²) < 4.78 is 1.89. The number of hydrogen-bond acceptors (Lipinski definition) is 3. The van der Waals surface area contributed by atoms with Crippen LogP contribution in [-0.2, 0) is 18.3 Å². The van der Waals surface area contributed by atoms with Crippen molar-refractivity contribution in [1.82, 2.24) is 9.78 Å². The molecule has 1 aliphatic heterocycles. The van der Waals surface area contributed by atoms with E-state index in [1.165, 1.54) is 0 Å². The first-order valence-electron chi connectivity index (χ1n) is 6.70. The summed E-state index contributed by atoms with van der Waals surface area (Å²) in [6.07, 6.45) is 1.93. The maximum atomic E-state index is 12.0. The standard InChI is InChI=1S/C13H22N4O/c1-5-7-10-11-13(16(4)15-10)17(6-2)8-9(3)12(18)14-11/h9H,5-8H2,1-4H3,(H,14,18). The molecule has 2 rings (SSSR count). The van der Waals surface area contributed by atoms with E-state index in [1.807, 2.05) is 18.7 Å². The van der Waals surface area contributed by atoms with Gasteiger partial charge in [0, 0.05) is 20.1 Å². The Balaban J connectivity index is 2.48. The van der Waals surface area contributed by atoms with Gasteiger partial charge in [-0.15, -0.1) is 0 Å². The Hall–Kier alpha value is -1.52. The fraction of sp³-hybridized carbons (Fsp3) is 0.692. The third-order valence-electron chi connectivity index (χ3n) is 3.45. The Labute approximate surface area is 108 Å². The highest BCUT2D eigenvalue weighted by Crippen LogP contribution is 2.33. The molecule has 0 radical (unpaired) electrons. The molecule has 0 aliphatic carbocycles. The summed E-state index contributed by atoms with van der Waals surface area (Å²) in [5.41, 5.74) is 1.91. The van der Waals surface area contributed by atoms with Gasteiger partial charge in [-0.1, -0.05) is 20.3 Å². The van der Waals surface area contributed by atoms with Gasteiger partial charge in [0.15, 0.2) is 5.82 Å².